The van der Waals surface area contributed by atoms with Crippen LogP contribution in [0.2, 0.25) is 0 Å². The third kappa shape index (κ3) is 5.17. The van der Waals surface area contributed by atoms with Crippen molar-refractivity contribution in [1.29, 1.82) is 0 Å². The first-order chi connectivity index (χ1) is 17.6. The number of rotatable bonds is 6. The van der Waals surface area contributed by atoms with E-state index in [1.807, 2.05) is 36.4 Å². The summed E-state index contributed by atoms with van der Waals surface area (Å²) >= 11 is 0. The summed E-state index contributed by atoms with van der Waals surface area (Å²) in [5.74, 6) is 0.479. The van der Waals surface area contributed by atoms with E-state index in [2.05, 4.69) is 10.6 Å². The maximum atomic E-state index is 13.5. The predicted octanol–water partition coefficient (Wildman–Crippen LogP) is 3.76. The van der Waals surface area contributed by atoms with E-state index in [1.54, 1.807) is 47.4 Å². The molecule has 2 aliphatic heterocycles. The number of fused-ring (bicyclic) bond motifs is 1. The first-order valence-electron chi connectivity index (χ1n) is 12.0. The average molecular weight is 486 g/mol. The van der Waals surface area contributed by atoms with E-state index in [0.29, 0.717) is 48.7 Å². The van der Waals surface area contributed by atoms with Crippen LogP contribution < -0.4 is 20.1 Å². The Kier molecular flexibility index (Phi) is 6.84. The SMILES string of the molecule is O=C(N[C@@H](C(=O)N1CCC(C(=O)Nc2ccc3c(c2)OCO3)CC1)c1ccccc1)c1ccccc1. The number of nitrogens with one attached hydrogen (secondary N) is 2. The lowest BCUT2D eigenvalue weighted by atomic mass is 9.94. The normalized spacial score (nSPS) is 15.7. The minimum absolute atomic E-state index is 0.0852. The highest BCUT2D eigenvalue weighted by molar-refractivity contribution is 5.98. The van der Waals surface area contributed by atoms with Gasteiger partial charge < -0.3 is 25.0 Å². The number of nitrogens with zero attached hydrogens (tertiary/aromatic N) is 1. The number of likely N-dealkylation sites (tertiary alicyclic amines) is 1. The Morgan fingerprint density at radius 3 is 2.22 bits per heavy atom. The van der Waals surface area contributed by atoms with Crippen molar-refractivity contribution in [3.8, 4) is 11.5 Å². The van der Waals surface area contributed by atoms with E-state index in [9.17, 15) is 14.4 Å². The molecule has 0 aromatic heterocycles. The van der Waals surface area contributed by atoms with Crippen LogP contribution in [0.1, 0.15) is 34.8 Å². The zero-order valence-corrected chi connectivity index (χ0v) is 19.7. The number of ether oxygens (including phenoxy) is 2. The number of carbonyl (C=O) groups is 3. The quantitative estimate of drug-likeness (QED) is 0.554. The van der Waals surface area contributed by atoms with Crippen molar-refractivity contribution in [3.05, 3.63) is 90.0 Å². The number of hydrogen-bond donors (Lipinski definition) is 2. The molecule has 0 bridgehead atoms. The van der Waals surface area contributed by atoms with Gasteiger partial charge >= 0.3 is 0 Å². The lowest BCUT2D eigenvalue weighted by Gasteiger charge is -2.34. The monoisotopic (exact) mass is 485 g/mol. The fourth-order valence-corrected chi connectivity index (χ4v) is 4.50. The maximum Gasteiger partial charge on any atom is 0.252 e. The van der Waals surface area contributed by atoms with E-state index in [-0.39, 0.29) is 30.4 Å². The third-order valence-electron chi connectivity index (χ3n) is 6.51. The molecule has 184 valence electrons. The summed E-state index contributed by atoms with van der Waals surface area (Å²) in [6.45, 7) is 1.04. The molecule has 1 atom stereocenters. The van der Waals surface area contributed by atoms with Gasteiger partial charge in [0.1, 0.15) is 6.04 Å². The molecule has 2 heterocycles. The Morgan fingerprint density at radius 1 is 0.833 bits per heavy atom. The summed E-state index contributed by atoms with van der Waals surface area (Å²) < 4.78 is 10.7. The van der Waals surface area contributed by atoms with Gasteiger partial charge in [-0.25, -0.2) is 0 Å². The zero-order chi connectivity index (χ0) is 24.9. The van der Waals surface area contributed by atoms with Crippen LogP contribution in [0.4, 0.5) is 5.69 Å². The van der Waals surface area contributed by atoms with Crippen molar-refractivity contribution >= 4 is 23.4 Å². The zero-order valence-electron chi connectivity index (χ0n) is 19.7. The maximum absolute atomic E-state index is 13.5. The summed E-state index contributed by atoms with van der Waals surface area (Å²) in [7, 11) is 0. The molecule has 2 aliphatic rings. The molecule has 2 N–H and O–H groups in total. The fraction of sp³-hybridized carbons (Fsp3) is 0.250. The Labute approximate surface area is 209 Å². The minimum atomic E-state index is -0.807. The molecule has 36 heavy (non-hydrogen) atoms. The molecule has 0 unspecified atom stereocenters. The van der Waals surface area contributed by atoms with Crippen molar-refractivity contribution in [2.24, 2.45) is 5.92 Å². The highest BCUT2D eigenvalue weighted by Gasteiger charge is 2.32. The summed E-state index contributed by atoms with van der Waals surface area (Å²) in [4.78, 5) is 41.0. The van der Waals surface area contributed by atoms with Gasteiger partial charge in [-0.2, -0.15) is 0 Å². The highest BCUT2D eigenvalue weighted by Crippen LogP contribution is 2.34. The Bertz CT molecular complexity index is 1240. The van der Waals surface area contributed by atoms with Crippen LogP contribution in [-0.4, -0.2) is 42.5 Å². The molecular weight excluding hydrogens is 458 g/mol. The number of anilines is 1. The molecule has 1 fully saturated rings. The standard InChI is InChI=1S/C28H27N3O5/c32-26(29-22-11-12-23-24(17-22)36-18-35-23)21-13-15-31(16-14-21)28(34)25(19-7-3-1-4-8-19)30-27(33)20-9-5-2-6-10-20/h1-12,17,21,25H,13-16,18H2,(H,29,32)(H,30,33)/t25-/m1/s1. The van der Waals surface area contributed by atoms with Gasteiger partial charge in [0.2, 0.25) is 18.6 Å². The number of carbonyl (C=O) groups excluding carboxylic acids is 3. The predicted molar refractivity (Wildman–Crippen MR) is 134 cm³/mol. The van der Waals surface area contributed by atoms with Gasteiger partial charge in [0.25, 0.3) is 5.91 Å². The number of benzene rings is 3. The molecule has 8 nitrogen and oxygen atoms in total. The van der Waals surface area contributed by atoms with Crippen molar-refractivity contribution < 1.29 is 23.9 Å². The lowest BCUT2D eigenvalue weighted by molar-refractivity contribution is -0.136. The van der Waals surface area contributed by atoms with Gasteiger partial charge in [-0.3, -0.25) is 14.4 Å². The van der Waals surface area contributed by atoms with Crippen LogP contribution in [-0.2, 0) is 9.59 Å². The Balaban J connectivity index is 1.22. The average Bonchev–Trinajstić information content (AvgIpc) is 3.40. The molecule has 5 rings (SSSR count). The van der Waals surface area contributed by atoms with Crippen LogP contribution in [0.5, 0.6) is 11.5 Å². The molecule has 3 aromatic carbocycles. The van der Waals surface area contributed by atoms with Gasteiger partial charge in [0.05, 0.1) is 0 Å². The van der Waals surface area contributed by atoms with Gasteiger partial charge in [-0.1, -0.05) is 48.5 Å². The Morgan fingerprint density at radius 2 is 1.50 bits per heavy atom. The minimum Gasteiger partial charge on any atom is -0.454 e. The van der Waals surface area contributed by atoms with E-state index in [4.69, 9.17) is 9.47 Å². The van der Waals surface area contributed by atoms with Gasteiger partial charge in [0.15, 0.2) is 11.5 Å². The number of hydrogen-bond acceptors (Lipinski definition) is 5. The third-order valence-corrected chi connectivity index (χ3v) is 6.51. The van der Waals surface area contributed by atoms with E-state index in [1.165, 1.54) is 0 Å². The van der Waals surface area contributed by atoms with Crippen LogP contribution >= 0.6 is 0 Å². The summed E-state index contributed by atoms with van der Waals surface area (Å²) in [5.41, 5.74) is 1.86. The molecule has 0 saturated carbocycles. The first-order valence-corrected chi connectivity index (χ1v) is 12.0. The van der Waals surface area contributed by atoms with Gasteiger partial charge in [0, 0.05) is 36.3 Å². The molecule has 3 aromatic rings. The molecule has 1 saturated heterocycles. The van der Waals surface area contributed by atoms with Gasteiger partial charge in [-0.05, 0) is 42.7 Å². The van der Waals surface area contributed by atoms with Crippen molar-refractivity contribution in [3.63, 3.8) is 0 Å². The largest absolute Gasteiger partial charge is 0.454 e. The summed E-state index contributed by atoms with van der Waals surface area (Å²) in [5, 5.41) is 5.85. The van der Waals surface area contributed by atoms with Crippen molar-refractivity contribution in [2.75, 3.05) is 25.2 Å². The summed E-state index contributed by atoms with van der Waals surface area (Å²) in [6, 6.07) is 22.6. The Hall–Kier alpha value is -4.33. The molecule has 0 spiro atoms. The molecular formula is C28H27N3O5. The number of piperidine rings is 1. The second-order valence-electron chi connectivity index (χ2n) is 8.84. The van der Waals surface area contributed by atoms with Crippen LogP contribution in [0.15, 0.2) is 78.9 Å². The van der Waals surface area contributed by atoms with Crippen LogP contribution in [0.3, 0.4) is 0 Å². The van der Waals surface area contributed by atoms with E-state index < -0.39 is 6.04 Å². The molecule has 8 heteroatoms. The number of amides is 3. The second kappa shape index (κ2) is 10.5. The van der Waals surface area contributed by atoms with Gasteiger partial charge in [-0.15, -0.1) is 0 Å². The highest BCUT2D eigenvalue weighted by atomic mass is 16.7. The lowest BCUT2D eigenvalue weighted by Crippen LogP contribution is -2.47. The van der Waals surface area contributed by atoms with Crippen LogP contribution in [0.25, 0.3) is 0 Å². The first kappa shape index (κ1) is 23.4. The fourth-order valence-electron chi connectivity index (χ4n) is 4.50. The van der Waals surface area contributed by atoms with E-state index >= 15 is 0 Å². The molecule has 3 amide bonds. The second-order valence-corrected chi connectivity index (χ2v) is 8.84. The van der Waals surface area contributed by atoms with Crippen molar-refractivity contribution in [2.45, 2.75) is 18.9 Å². The molecule has 0 radical (unpaired) electrons. The smallest absolute Gasteiger partial charge is 0.252 e. The van der Waals surface area contributed by atoms with Crippen molar-refractivity contribution in [1.82, 2.24) is 10.2 Å². The van der Waals surface area contributed by atoms with E-state index in [0.717, 1.165) is 5.56 Å². The molecule has 0 aliphatic carbocycles. The topological polar surface area (TPSA) is 97.0 Å². The van der Waals surface area contributed by atoms with Crippen LogP contribution in [0, 0.1) is 5.92 Å². The summed E-state index contributed by atoms with van der Waals surface area (Å²) in [6.07, 6.45) is 1.08.